The fourth-order valence-corrected chi connectivity index (χ4v) is 2.88. The zero-order valence-electron chi connectivity index (χ0n) is 11.6. The highest BCUT2D eigenvalue weighted by molar-refractivity contribution is 5.72. The lowest BCUT2D eigenvalue weighted by atomic mass is 10.2. The standard InChI is InChI=1S/C15H24O4/c16-14(18-12-6-1-2-7-12)10-5-11-15(17)19-13-8-3-4-9-13/h12-13H,1-11H2. The van der Waals surface area contributed by atoms with Gasteiger partial charge < -0.3 is 9.47 Å². The number of rotatable bonds is 6. The van der Waals surface area contributed by atoms with Gasteiger partial charge in [-0.2, -0.15) is 0 Å². The molecular formula is C15H24O4. The molecule has 2 aliphatic carbocycles. The lowest BCUT2D eigenvalue weighted by Gasteiger charge is -2.12. The van der Waals surface area contributed by atoms with Crippen molar-refractivity contribution in [2.24, 2.45) is 0 Å². The van der Waals surface area contributed by atoms with E-state index < -0.39 is 0 Å². The van der Waals surface area contributed by atoms with Crippen molar-refractivity contribution < 1.29 is 19.1 Å². The molecule has 0 saturated heterocycles. The van der Waals surface area contributed by atoms with Crippen LogP contribution in [0.2, 0.25) is 0 Å². The molecule has 0 N–H and O–H groups in total. The Morgan fingerprint density at radius 1 is 0.737 bits per heavy atom. The van der Waals surface area contributed by atoms with Crippen LogP contribution in [0.15, 0.2) is 0 Å². The molecule has 4 heteroatoms. The van der Waals surface area contributed by atoms with Crippen molar-refractivity contribution >= 4 is 11.9 Å². The van der Waals surface area contributed by atoms with Crippen molar-refractivity contribution in [1.82, 2.24) is 0 Å². The molecule has 0 unspecified atom stereocenters. The summed E-state index contributed by atoms with van der Waals surface area (Å²) in [6.07, 6.45) is 10.1. The second kappa shape index (κ2) is 7.51. The number of ether oxygens (including phenoxy) is 2. The minimum Gasteiger partial charge on any atom is -0.462 e. The summed E-state index contributed by atoms with van der Waals surface area (Å²) in [4.78, 5) is 23.1. The number of carbonyl (C=O) groups is 2. The Balaban J connectivity index is 1.52. The summed E-state index contributed by atoms with van der Waals surface area (Å²) in [5.74, 6) is -0.332. The van der Waals surface area contributed by atoms with Crippen molar-refractivity contribution in [1.29, 1.82) is 0 Å². The first-order valence-corrected chi connectivity index (χ1v) is 7.63. The van der Waals surface area contributed by atoms with Crippen molar-refractivity contribution in [3.05, 3.63) is 0 Å². The van der Waals surface area contributed by atoms with Crippen LogP contribution in [-0.4, -0.2) is 24.1 Å². The molecule has 0 aromatic rings. The maximum Gasteiger partial charge on any atom is 0.306 e. The highest BCUT2D eigenvalue weighted by atomic mass is 16.5. The zero-order chi connectivity index (χ0) is 13.5. The minimum absolute atomic E-state index is 0.123. The van der Waals surface area contributed by atoms with Gasteiger partial charge in [0.2, 0.25) is 0 Å². The van der Waals surface area contributed by atoms with E-state index in [0.29, 0.717) is 19.3 Å². The van der Waals surface area contributed by atoms with Gasteiger partial charge in [0.1, 0.15) is 12.2 Å². The van der Waals surface area contributed by atoms with Gasteiger partial charge >= 0.3 is 11.9 Å². The quantitative estimate of drug-likeness (QED) is 0.694. The summed E-state index contributed by atoms with van der Waals surface area (Å²) < 4.78 is 10.7. The van der Waals surface area contributed by atoms with Gasteiger partial charge in [-0.15, -0.1) is 0 Å². The van der Waals surface area contributed by atoms with Crippen molar-refractivity contribution in [3.8, 4) is 0 Å². The third-order valence-corrected chi connectivity index (χ3v) is 3.96. The van der Waals surface area contributed by atoms with Crippen molar-refractivity contribution in [2.75, 3.05) is 0 Å². The molecule has 0 atom stereocenters. The molecule has 2 aliphatic rings. The highest BCUT2D eigenvalue weighted by Gasteiger charge is 2.21. The van der Waals surface area contributed by atoms with Gasteiger partial charge in [-0.25, -0.2) is 0 Å². The van der Waals surface area contributed by atoms with E-state index in [1.165, 1.54) is 0 Å². The van der Waals surface area contributed by atoms with Crippen molar-refractivity contribution in [3.63, 3.8) is 0 Å². The highest BCUT2D eigenvalue weighted by Crippen LogP contribution is 2.22. The van der Waals surface area contributed by atoms with Crippen LogP contribution in [-0.2, 0) is 19.1 Å². The van der Waals surface area contributed by atoms with Gasteiger partial charge in [-0.05, 0) is 57.8 Å². The van der Waals surface area contributed by atoms with Crippen LogP contribution in [0.1, 0.15) is 70.6 Å². The second-order valence-electron chi connectivity index (χ2n) is 5.65. The smallest absolute Gasteiger partial charge is 0.306 e. The monoisotopic (exact) mass is 268 g/mol. The molecule has 19 heavy (non-hydrogen) atoms. The van der Waals surface area contributed by atoms with Crippen LogP contribution in [0.5, 0.6) is 0 Å². The van der Waals surface area contributed by atoms with E-state index in [4.69, 9.17) is 9.47 Å². The average Bonchev–Trinajstić information content (AvgIpc) is 3.02. The van der Waals surface area contributed by atoms with Gasteiger partial charge in [-0.3, -0.25) is 9.59 Å². The molecule has 2 rings (SSSR count). The molecular weight excluding hydrogens is 244 g/mol. The van der Waals surface area contributed by atoms with Crippen LogP contribution >= 0.6 is 0 Å². The molecule has 0 bridgehead atoms. The first kappa shape index (κ1) is 14.4. The van der Waals surface area contributed by atoms with Crippen molar-refractivity contribution in [2.45, 2.75) is 82.8 Å². The van der Waals surface area contributed by atoms with Gasteiger partial charge in [0, 0.05) is 12.8 Å². The van der Waals surface area contributed by atoms with E-state index in [1.807, 2.05) is 0 Å². The van der Waals surface area contributed by atoms with E-state index in [-0.39, 0.29) is 24.1 Å². The summed E-state index contributed by atoms with van der Waals surface area (Å²) in [6.45, 7) is 0. The summed E-state index contributed by atoms with van der Waals surface area (Å²) in [5.41, 5.74) is 0. The summed E-state index contributed by atoms with van der Waals surface area (Å²) in [5, 5.41) is 0. The Morgan fingerprint density at radius 3 is 1.47 bits per heavy atom. The van der Waals surface area contributed by atoms with E-state index in [9.17, 15) is 9.59 Å². The van der Waals surface area contributed by atoms with E-state index >= 15 is 0 Å². The fraction of sp³-hybridized carbons (Fsp3) is 0.867. The molecule has 108 valence electrons. The normalized spacial score (nSPS) is 20.6. The van der Waals surface area contributed by atoms with Crippen LogP contribution in [0.4, 0.5) is 0 Å². The number of hydrogen-bond donors (Lipinski definition) is 0. The SMILES string of the molecule is O=C(CCCC(=O)OC1CCCC1)OC1CCCC1. The molecule has 0 heterocycles. The molecule has 0 amide bonds. The summed E-state index contributed by atoms with van der Waals surface area (Å²) in [7, 11) is 0. The minimum atomic E-state index is -0.166. The van der Waals surface area contributed by atoms with Gasteiger partial charge in [-0.1, -0.05) is 0 Å². The second-order valence-corrected chi connectivity index (χ2v) is 5.65. The van der Waals surface area contributed by atoms with E-state index in [2.05, 4.69) is 0 Å². The van der Waals surface area contributed by atoms with E-state index in [0.717, 1.165) is 51.4 Å². The molecule has 0 radical (unpaired) electrons. The van der Waals surface area contributed by atoms with Gasteiger partial charge in [0.05, 0.1) is 0 Å². The summed E-state index contributed by atoms with van der Waals surface area (Å²) in [6, 6.07) is 0. The Labute approximate surface area is 114 Å². The Bertz CT molecular complexity index is 271. The number of esters is 2. The van der Waals surface area contributed by atoms with Crippen LogP contribution in [0, 0.1) is 0 Å². The maximum absolute atomic E-state index is 11.6. The molecule has 2 fully saturated rings. The Hall–Kier alpha value is -1.06. The molecule has 0 aliphatic heterocycles. The summed E-state index contributed by atoms with van der Waals surface area (Å²) >= 11 is 0. The zero-order valence-corrected chi connectivity index (χ0v) is 11.6. The average molecular weight is 268 g/mol. The number of hydrogen-bond acceptors (Lipinski definition) is 4. The molecule has 0 spiro atoms. The lowest BCUT2D eigenvalue weighted by molar-refractivity contribution is -0.150. The van der Waals surface area contributed by atoms with Crippen LogP contribution in [0.25, 0.3) is 0 Å². The molecule has 0 aromatic carbocycles. The Morgan fingerprint density at radius 2 is 1.11 bits per heavy atom. The number of carbonyl (C=O) groups excluding carboxylic acids is 2. The molecule has 2 saturated carbocycles. The predicted octanol–water partition coefficient (Wildman–Crippen LogP) is 3.13. The molecule has 4 nitrogen and oxygen atoms in total. The lowest BCUT2D eigenvalue weighted by Crippen LogP contribution is -2.16. The van der Waals surface area contributed by atoms with Gasteiger partial charge in [0.25, 0.3) is 0 Å². The Kier molecular flexibility index (Phi) is 5.67. The fourth-order valence-electron chi connectivity index (χ4n) is 2.88. The largest absolute Gasteiger partial charge is 0.462 e. The molecule has 0 aromatic heterocycles. The third-order valence-electron chi connectivity index (χ3n) is 3.96. The van der Waals surface area contributed by atoms with Gasteiger partial charge in [0.15, 0.2) is 0 Å². The first-order chi connectivity index (χ1) is 9.24. The van der Waals surface area contributed by atoms with Crippen LogP contribution < -0.4 is 0 Å². The van der Waals surface area contributed by atoms with Crippen LogP contribution in [0.3, 0.4) is 0 Å². The third kappa shape index (κ3) is 5.21. The van der Waals surface area contributed by atoms with E-state index in [1.54, 1.807) is 0 Å². The first-order valence-electron chi connectivity index (χ1n) is 7.63. The topological polar surface area (TPSA) is 52.6 Å². The predicted molar refractivity (Wildman–Crippen MR) is 70.5 cm³/mol. The maximum atomic E-state index is 11.6.